The summed E-state index contributed by atoms with van der Waals surface area (Å²) in [5, 5.41) is 1.19. The third-order valence-corrected chi connectivity index (χ3v) is 6.61. The summed E-state index contributed by atoms with van der Waals surface area (Å²) in [4.78, 5) is 19.5. The number of pyridine rings is 1. The molecule has 3 rings (SSSR count). The van der Waals surface area contributed by atoms with Crippen molar-refractivity contribution < 1.29 is 4.79 Å². The second-order valence-corrected chi connectivity index (χ2v) is 9.63. The van der Waals surface area contributed by atoms with Gasteiger partial charge in [-0.1, -0.05) is 72.6 Å². The van der Waals surface area contributed by atoms with Crippen molar-refractivity contribution in [2.45, 2.75) is 85.1 Å². The van der Waals surface area contributed by atoms with Crippen LogP contribution < -0.4 is 10.6 Å². The minimum Gasteiger partial charge on any atom is -0.351 e. The molecule has 186 valence electrons. The Morgan fingerprint density at radius 3 is 2.24 bits per heavy atom. The largest absolute Gasteiger partial charge is 0.351 e. The Labute approximate surface area is 211 Å². The van der Waals surface area contributed by atoms with E-state index in [1.165, 1.54) is 22.1 Å². The van der Waals surface area contributed by atoms with Crippen molar-refractivity contribution in [3.8, 4) is 0 Å². The molecule has 0 fully saturated rings. The van der Waals surface area contributed by atoms with Crippen LogP contribution in [0, 0.1) is 0 Å². The lowest BCUT2D eigenvalue weighted by molar-refractivity contribution is 0.252. The fourth-order valence-corrected chi connectivity index (χ4v) is 4.80. The predicted molar refractivity (Wildman–Crippen MR) is 146 cm³/mol. The number of para-hydroxylation sites is 1. The second-order valence-electron chi connectivity index (χ2n) is 9.63. The van der Waals surface area contributed by atoms with Crippen LogP contribution in [0.3, 0.4) is 0 Å². The van der Waals surface area contributed by atoms with Gasteiger partial charge in [-0.3, -0.25) is 4.90 Å². The molecular weight excluding hydrogens is 444 g/mol. The second kappa shape index (κ2) is 12.3. The number of hydrogen-bond donors (Lipinski definition) is 1. The molecule has 0 radical (unpaired) electrons. The highest BCUT2D eigenvalue weighted by atomic mass is 35.5. The number of carbonyl (C=O) groups excluding carboxylic acids is 1. The molecule has 0 aliphatic carbocycles. The first-order valence-corrected chi connectivity index (χ1v) is 12.4. The highest BCUT2D eigenvalue weighted by Gasteiger charge is 2.27. The number of carbonyl (C=O) groups is 1. The van der Waals surface area contributed by atoms with Gasteiger partial charge in [-0.2, -0.15) is 0 Å². The Balaban J connectivity index is 0.00000408. The fourth-order valence-electron chi connectivity index (χ4n) is 4.80. The van der Waals surface area contributed by atoms with E-state index in [0.29, 0.717) is 6.54 Å². The summed E-state index contributed by atoms with van der Waals surface area (Å²) < 4.78 is 2.28. The van der Waals surface area contributed by atoms with E-state index in [1.807, 2.05) is 17.2 Å². The molecule has 34 heavy (non-hydrogen) atoms. The van der Waals surface area contributed by atoms with Crippen LogP contribution >= 0.6 is 12.4 Å². The van der Waals surface area contributed by atoms with Crippen LogP contribution in [-0.2, 0) is 6.42 Å². The molecule has 0 bridgehead atoms. The number of nitrogens with zero attached hydrogens (tertiary/aromatic N) is 3. The number of rotatable bonds is 10. The minimum absolute atomic E-state index is 0. The predicted octanol–water partition coefficient (Wildman–Crippen LogP) is 7.58. The van der Waals surface area contributed by atoms with Crippen LogP contribution in [0.5, 0.6) is 0 Å². The van der Waals surface area contributed by atoms with Crippen molar-refractivity contribution in [3.63, 3.8) is 0 Å². The summed E-state index contributed by atoms with van der Waals surface area (Å²) >= 11 is 0. The number of anilines is 1. The standard InChI is InChI=1S/C28H40N4O.ClH/c1-7-9-12-22(31-17-21(8-2)25-15-11-16-30-27(25)31)18-32(28(29)33)26-23(19(3)4)13-10-14-24(26)20(5)6;/h10-11,13-17,19-20,22H,7-9,12,18H2,1-6H3,(H2,29,33);1H. The van der Waals surface area contributed by atoms with Gasteiger partial charge in [0.1, 0.15) is 5.65 Å². The summed E-state index contributed by atoms with van der Waals surface area (Å²) in [6, 6.07) is 10.2. The first-order valence-electron chi connectivity index (χ1n) is 12.4. The molecular formula is C28H41ClN4O. The van der Waals surface area contributed by atoms with E-state index in [-0.39, 0.29) is 30.3 Å². The van der Waals surface area contributed by atoms with Crippen molar-refractivity contribution in [2.24, 2.45) is 5.73 Å². The SMILES string of the molecule is CCCCC(CN(C(N)=O)c1c(C(C)C)cccc1C(C)C)n1cc(CC)c2cccnc21.Cl. The van der Waals surface area contributed by atoms with Crippen LogP contribution in [-0.4, -0.2) is 22.1 Å². The summed E-state index contributed by atoms with van der Waals surface area (Å²) in [6.45, 7) is 13.6. The number of nitrogens with two attached hydrogens (primary N) is 1. The van der Waals surface area contributed by atoms with Crippen LogP contribution in [0.1, 0.15) is 95.4 Å². The number of hydrogen-bond acceptors (Lipinski definition) is 2. The molecule has 6 heteroatoms. The summed E-state index contributed by atoms with van der Waals surface area (Å²) in [5.41, 5.74) is 11.7. The average molecular weight is 485 g/mol. The molecule has 0 saturated heterocycles. The number of benzene rings is 1. The smallest absolute Gasteiger partial charge is 0.319 e. The first kappa shape index (κ1) is 27.7. The molecule has 2 N–H and O–H groups in total. The summed E-state index contributed by atoms with van der Waals surface area (Å²) in [6.07, 6.45) is 8.17. The van der Waals surface area contributed by atoms with Gasteiger partial charge in [0.25, 0.3) is 0 Å². The van der Waals surface area contributed by atoms with Crippen molar-refractivity contribution >= 4 is 35.2 Å². The molecule has 3 aromatic rings. The maximum Gasteiger partial charge on any atom is 0.319 e. The molecule has 1 unspecified atom stereocenters. The maximum atomic E-state index is 12.9. The topological polar surface area (TPSA) is 64.2 Å². The molecule has 1 aromatic carbocycles. The number of amides is 2. The molecule has 1 atom stereocenters. The van der Waals surface area contributed by atoms with Crippen LogP contribution in [0.4, 0.5) is 10.5 Å². The molecule has 0 aliphatic heterocycles. The monoisotopic (exact) mass is 484 g/mol. The molecule has 2 amide bonds. The molecule has 5 nitrogen and oxygen atoms in total. The normalized spacial score (nSPS) is 12.2. The Bertz CT molecular complexity index is 1060. The number of unbranched alkanes of at least 4 members (excludes halogenated alkanes) is 1. The minimum atomic E-state index is -0.397. The van der Waals surface area contributed by atoms with Gasteiger partial charge in [-0.15, -0.1) is 12.4 Å². The van der Waals surface area contributed by atoms with E-state index in [0.717, 1.165) is 37.0 Å². The molecule has 0 saturated carbocycles. The number of fused-ring (bicyclic) bond motifs is 1. The molecule has 2 aromatic heterocycles. The first-order chi connectivity index (χ1) is 15.8. The highest BCUT2D eigenvalue weighted by molar-refractivity contribution is 5.93. The van der Waals surface area contributed by atoms with E-state index in [9.17, 15) is 4.79 Å². The number of aromatic nitrogens is 2. The van der Waals surface area contributed by atoms with E-state index in [4.69, 9.17) is 10.7 Å². The van der Waals surface area contributed by atoms with Gasteiger partial charge < -0.3 is 10.3 Å². The van der Waals surface area contributed by atoms with Gasteiger partial charge in [0.05, 0.1) is 11.7 Å². The zero-order valence-corrected chi connectivity index (χ0v) is 22.4. The van der Waals surface area contributed by atoms with Gasteiger partial charge >= 0.3 is 6.03 Å². The van der Waals surface area contributed by atoms with Gasteiger partial charge in [0.15, 0.2) is 0 Å². The number of urea groups is 1. The quantitative estimate of drug-likeness (QED) is 0.322. The third-order valence-electron chi connectivity index (χ3n) is 6.61. The zero-order valence-electron chi connectivity index (χ0n) is 21.5. The van der Waals surface area contributed by atoms with E-state index in [1.54, 1.807) is 0 Å². The number of aryl methyl sites for hydroxylation is 1. The van der Waals surface area contributed by atoms with Gasteiger partial charge in [-0.05, 0) is 53.5 Å². The molecule has 2 heterocycles. The fraction of sp³-hybridized carbons (Fsp3) is 0.500. The Morgan fingerprint density at radius 1 is 1.06 bits per heavy atom. The Hall–Kier alpha value is -2.53. The van der Waals surface area contributed by atoms with Gasteiger partial charge in [-0.25, -0.2) is 9.78 Å². The Morgan fingerprint density at radius 2 is 1.71 bits per heavy atom. The van der Waals surface area contributed by atoms with Crippen LogP contribution in [0.25, 0.3) is 11.0 Å². The summed E-state index contributed by atoms with van der Waals surface area (Å²) in [7, 11) is 0. The lowest BCUT2D eigenvalue weighted by atomic mass is 9.91. The van der Waals surface area contributed by atoms with E-state index < -0.39 is 6.03 Å². The van der Waals surface area contributed by atoms with E-state index >= 15 is 0 Å². The number of primary amides is 1. The van der Waals surface area contributed by atoms with Crippen molar-refractivity contribution in [1.82, 2.24) is 9.55 Å². The van der Waals surface area contributed by atoms with Gasteiger partial charge in [0.2, 0.25) is 0 Å². The maximum absolute atomic E-state index is 12.9. The van der Waals surface area contributed by atoms with Crippen LogP contribution in [0.15, 0.2) is 42.7 Å². The lowest BCUT2D eigenvalue weighted by Crippen LogP contribution is -2.41. The third kappa shape index (κ3) is 5.75. The lowest BCUT2D eigenvalue weighted by Gasteiger charge is -2.32. The van der Waals surface area contributed by atoms with Gasteiger partial charge in [0, 0.05) is 24.3 Å². The zero-order chi connectivity index (χ0) is 24.1. The van der Waals surface area contributed by atoms with Crippen molar-refractivity contribution in [1.29, 1.82) is 0 Å². The van der Waals surface area contributed by atoms with Crippen LogP contribution in [0.2, 0.25) is 0 Å². The highest BCUT2D eigenvalue weighted by Crippen LogP contribution is 2.37. The summed E-state index contributed by atoms with van der Waals surface area (Å²) in [5.74, 6) is 0.575. The molecule has 0 spiro atoms. The number of halogens is 1. The van der Waals surface area contributed by atoms with Crippen molar-refractivity contribution in [2.75, 3.05) is 11.4 Å². The Kier molecular flexibility index (Phi) is 9.99. The average Bonchev–Trinajstić information content (AvgIpc) is 3.17. The van der Waals surface area contributed by atoms with E-state index in [2.05, 4.69) is 76.6 Å². The van der Waals surface area contributed by atoms with Crippen molar-refractivity contribution in [3.05, 3.63) is 59.4 Å². The molecule has 0 aliphatic rings.